The van der Waals surface area contributed by atoms with E-state index in [4.69, 9.17) is 8.94 Å². The lowest BCUT2D eigenvalue weighted by Gasteiger charge is -2.08. The predicted molar refractivity (Wildman–Crippen MR) is 104 cm³/mol. The molecule has 2 amide bonds. The number of amides is 2. The number of carbonyl (C=O) groups is 1. The Morgan fingerprint density at radius 3 is 2.48 bits per heavy atom. The summed E-state index contributed by atoms with van der Waals surface area (Å²) >= 11 is 3.23. The first-order valence-corrected chi connectivity index (χ1v) is 8.79. The first-order valence-electron chi connectivity index (χ1n) is 8.00. The largest absolute Gasteiger partial charge is 0.444 e. The lowest BCUT2D eigenvalue weighted by atomic mass is 10.2. The molecule has 8 heteroatoms. The van der Waals surface area contributed by atoms with Crippen molar-refractivity contribution in [2.75, 3.05) is 10.6 Å². The standard InChI is InChI=1S/C19H13BrN4O3/c20-16-10-9-15(26-16)18-23-17(24-27-18)12-5-4-8-14(11-12)22-19(25)21-13-6-2-1-3-7-13/h1-11H,(H2,21,22,25). The van der Waals surface area contributed by atoms with Gasteiger partial charge < -0.3 is 19.6 Å². The van der Waals surface area contributed by atoms with Gasteiger partial charge >= 0.3 is 6.03 Å². The van der Waals surface area contributed by atoms with Crippen molar-refractivity contribution >= 4 is 33.3 Å². The minimum absolute atomic E-state index is 0.274. The molecule has 0 bridgehead atoms. The van der Waals surface area contributed by atoms with Crippen molar-refractivity contribution in [3.8, 4) is 23.0 Å². The van der Waals surface area contributed by atoms with Crippen molar-refractivity contribution in [3.05, 3.63) is 71.4 Å². The van der Waals surface area contributed by atoms with Gasteiger partial charge in [-0.3, -0.25) is 0 Å². The maximum Gasteiger partial charge on any atom is 0.323 e. The van der Waals surface area contributed by atoms with E-state index in [2.05, 4.69) is 36.7 Å². The van der Waals surface area contributed by atoms with Gasteiger partial charge in [-0.2, -0.15) is 4.98 Å². The molecular formula is C19H13BrN4O3. The zero-order valence-electron chi connectivity index (χ0n) is 13.8. The van der Waals surface area contributed by atoms with E-state index in [1.807, 2.05) is 36.4 Å². The molecule has 2 aromatic heterocycles. The summed E-state index contributed by atoms with van der Waals surface area (Å²) in [6, 6.07) is 19.5. The lowest BCUT2D eigenvalue weighted by Crippen LogP contribution is -2.19. The van der Waals surface area contributed by atoms with Crippen molar-refractivity contribution < 1.29 is 13.7 Å². The van der Waals surface area contributed by atoms with Gasteiger partial charge in [-0.1, -0.05) is 35.5 Å². The highest BCUT2D eigenvalue weighted by Gasteiger charge is 2.14. The number of nitrogens with one attached hydrogen (secondary N) is 2. The highest BCUT2D eigenvalue weighted by atomic mass is 79.9. The SMILES string of the molecule is O=C(Nc1ccccc1)Nc1cccc(-c2noc(-c3ccc(Br)o3)n2)c1. The van der Waals surface area contributed by atoms with Crippen molar-refractivity contribution in [2.24, 2.45) is 0 Å². The molecule has 7 nitrogen and oxygen atoms in total. The molecule has 0 aliphatic carbocycles. The third kappa shape index (κ3) is 4.06. The highest BCUT2D eigenvalue weighted by Crippen LogP contribution is 2.27. The van der Waals surface area contributed by atoms with E-state index in [1.165, 1.54) is 0 Å². The number of anilines is 2. The first kappa shape index (κ1) is 17.0. The molecule has 27 heavy (non-hydrogen) atoms. The maximum atomic E-state index is 12.1. The Labute approximate surface area is 162 Å². The average molecular weight is 425 g/mol. The second kappa shape index (κ2) is 7.46. The maximum absolute atomic E-state index is 12.1. The highest BCUT2D eigenvalue weighted by molar-refractivity contribution is 9.10. The number of aromatic nitrogens is 2. The summed E-state index contributed by atoms with van der Waals surface area (Å²) in [7, 11) is 0. The van der Waals surface area contributed by atoms with Gasteiger partial charge in [-0.15, -0.1) is 0 Å². The van der Waals surface area contributed by atoms with Gasteiger partial charge in [0.25, 0.3) is 5.89 Å². The fourth-order valence-corrected chi connectivity index (χ4v) is 2.73. The van der Waals surface area contributed by atoms with Gasteiger partial charge in [0.15, 0.2) is 10.4 Å². The van der Waals surface area contributed by atoms with Crippen LogP contribution in [0.3, 0.4) is 0 Å². The van der Waals surface area contributed by atoms with Gasteiger partial charge in [0.1, 0.15) is 0 Å². The normalized spacial score (nSPS) is 10.6. The Kier molecular flexibility index (Phi) is 4.71. The minimum atomic E-state index is -0.340. The smallest absolute Gasteiger partial charge is 0.323 e. The number of hydrogen-bond donors (Lipinski definition) is 2. The topological polar surface area (TPSA) is 93.2 Å². The number of halogens is 1. The zero-order chi connectivity index (χ0) is 18.6. The van der Waals surface area contributed by atoms with Gasteiger partial charge in [-0.25, -0.2) is 4.79 Å². The molecular weight excluding hydrogens is 412 g/mol. The Bertz CT molecular complexity index is 1080. The molecule has 0 saturated carbocycles. The van der Waals surface area contributed by atoms with Crippen LogP contribution >= 0.6 is 15.9 Å². The molecule has 0 saturated heterocycles. The fraction of sp³-hybridized carbons (Fsp3) is 0. The number of carbonyl (C=O) groups excluding carboxylic acids is 1. The van der Waals surface area contributed by atoms with E-state index < -0.39 is 0 Å². The van der Waals surface area contributed by atoms with E-state index in [0.717, 1.165) is 0 Å². The summed E-state index contributed by atoms with van der Waals surface area (Å²) in [5.41, 5.74) is 2.01. The summed E-state index contributed by atoms with van der Waals surface area (Å²) in [4.78, 5) is 16.5. The number of benzene rings is 2. The number of rotatable bonds is 4. The molecule has 0 fully saturated rings. The number of urea groups is 1. The predicted octanol–water partition coefficient (Wildman–Crippen LogP) is 5.40. The minimum Gasteiger partial charge on any atom is -0.444 e. The van der Waals surface area contributed by atoms with Crippen LogP contribution in [0.2, 0.25) is 0 Å². The summed E-state index contributed by atoms with van der Waals surface area (Å²) in [6.07, 6.45) is 0. The first-order chi connectivity index (χ1) is 13.2. The van der Waals surface area contributed by atoms with Crippen molar-refractivity contribution in [1.82, 2.24) is 10.1 Å². The van der Waals surface area contributed by atoms with Crippen molar-refractivity contribution in [2.45, 2.75) is 0 Å². The third-order valence-electron chi connectivity index (χ3n) is 3.62. The van der Waals surface area contributed by atoms with Crippen molar-refractivity contribution in [1.29, 1.82) is 0 Å². The zero-order valence-corrected chi connectivity index (χ0v) is 15.4. The van der Waals surface area contributed by atoms with Crippen LogP contribution in [0.4, 0.5) is 16.2 Å². The Morgan fingerprint density at radius 2 is 1.70 bits per heavy atom. The van der Waals surface area contributed by atoms with E-state index in [1.54, 1.807) is 30.3 Å². The second-order valence-corrected chi connectivity index (χ2v) is 6.33. The Hall–Kier alpha value is -3.39. The molecule has 134 valence electrons. The Balaban J connectivity index is 1.49. The van der Waals surface area contributed by atoms with Gasteiger partial charge in [0, 0.05) is 16.9 Å². The molecule has 0 spiro atoms. The third-order valence-corrected chi connectivity index (χ3v) is 4.05. The van der Waals surface area contributed by atoms with Crippen LogP contribution in [-0.2, 0) is 0 Å². The monoisotopic (exact) mass is 424 g/mol. The quantitative estimate of drug-likeness (QED) is 0.457. The van der Waals surface area contributed by atoms with Gasteiger partial charge in [-0.05, 0) is 52.3 Å². The van der Waals surface area contributed by atoms with E-state index in [9.17, 15) is 4.79 Å². The lowest BCUT2D eigenvalue weighted by molar-refractivity contribution is 0.262. The number of para-hydroxylation sites is 1. The molecule has 0 unspecified atom stereocenters. The molecule has 4 rings (SSSR count). The van der Waals surface area contributed by atoms with Crippen molar-refractivity contribution in [3.63, 3.8) is 0 Å². The number of furan rings is 1. The summed E-state index contributed by atoms with van der Waals surface area (Å²) in [5.74, 6) is 1.14. The van der Waals surface area contributed by atoms with Crippen LogP contribution < -0.4 is 10.6 Å². The molecule has 0 aliphatic heterocycles. The summed E-state index contributed by atoms with van der Waals surface area (Å²) in [5, 5.41) is 9.51. The molecule has 0 radical (unpaired) electrons. The summed E-state index contributed by atoms with van der Waals surface area (Å²) < 4.78 is 11.2. The molecule has 0 atom stereocenters. The van der Waals surface area contributed by atoms with Crippen LogP contribution in [0.1, 0.15) is 0 Å². The molecule has 4 aromatic rings. The van der Waals surface area contributed by atoms with E-state index >= 15 is 0 Å². The molecule has 2 heterocycles. The number of hydrogen-bond acceptors (Lipinski definition) is 5. The van der Waals surface area contributed by atoms with Crippen LogP contribution in [0.15, 0.2) is 80.3 Å². The van der Waals surface area contributed by atoms with Crippen LogP contribution in [-0.4, -0.2) is 16.2 Å². The molecule has 2 N–H and O–H groups in total. The van der Waals surface area contributed by atoms with E-state index in [-0.39, 0.29) is 11.9 Å². The van der Waals surface area contributed by atoms with Crippen LogP contribution in [0.5, 0.6) is 0 Å². The molecule has 2 aromatic carbocycles. The van der Waals surface area contributed by atoms with E-state index in [0.29, 0.717) is 33.2 Å². The fourth-order valence-electron chi connectivity index (χ4n) is 2.42. The average Bonchev–Trinajstić information content (AvgIpc) is 3.32. The Morgan fingerprint density at radius 1 is 0.926 bits per heavy atom. The van der Waals surface area contributed by atoms with Gasteiger partial charge in [0.2, 0.25) is 5.82 Å². The number of nitrogens with zero attached hydrogens (tertiary/aromatic N) is 2. The van der Waals surface area contributed by atoms with Gasteiger partial charge in [0.05, 0.1) is 0 Å². The molecule has 0 aliphatic rings. The van der Waals surface area contributed by atoms with Crippen LogP contribution in [0.25, 0.3) is 23.0 Å². The second-order valence-electron chi connectivity index (χ2n) is 5.55. The summed E-state index contributed by atoms with van der Waals surface area (Å²) in [6.45, 7) is 0. The van der Waals surface area contributed by atoms with Crippen LogP contribution in [0, 0.1) is 0 Å².